The van der Waals surface area contributed by atoms with Gasteiger partial charge < -0.3 is 5.11 Å². The third-order valence-corrected chi connectivity index (χ3v) is 6.47. The van der Waals surface area contributed by atoms with Crippen molar-refractivity contribution < 1.29 is 18.3 Å². The standard InChI is InChI=1S/C12H11N3O4S2/c16-12(17)10-6-8-9(14-4-3-13-8)7-15(10)21(18,19)11-2-1-5-20-11/h1-5,10H,6-7H2,(H,16,17)/t10-/m1/s1. The number of hydrogen-bond acceptors (Lipinski definition) is 6. The summed E-state index contributed by atoms with van der Waals surface area (Å²) in [5, 5.41) is 11.0. The number of hydrogen-bond donors (Lipinski definition) is 1. The Labute approximate surface area is 124 Å². The highest BCUT2D eigenvalue weighted by molar-refractivity contribution is 7.91. The minimum atomic E-state index is -3.85. The summed E-state index contributed by atoms with van der Waals surface area (Å²) in [6.07, 6.45) is 2.96. The Kier molecular flexibility index (Phi) is 3.47. The number of carboxylic acids is 1. The number of sulfonamides is 1. The smallest absolute Gasteiger partial charge is 0.322 e. The molecule has 7 nitrogen and oxygen atoms in total. The van der Waals surface area contributed by atoms with Crippen LogP contribution in [0.4, 0.5) is 0 Å². The van der Waals surface area contributed by atoms with Gasteiger partial charge in [-0.2, -0.15) is 4.31 Å². The molecule has 2 aromatic rings. The van der Waals surface area contributed by atoms with Gasteiger partial charge in [-0.1, -0.05) is 6.07 Å². The van der Waals surface area contributed by atoms with E-state index in [2.05, 4.69) is 9.97 Å². The van der Waals surface area contributed by atoms with Crippen LogP contribution in [-0.2, 0) is 27.8 Å². The number of rotatable bonds is 3. The molecule has 1 aliphatic heterocycles. The predicted octanol–water partition coefficient (Wildman–Crippen LogP) is 0.738. The summed E-state index contributed by atoms with van der Waals surface area (Å²) in [5.74, 6) is -1.19. The molecule has 1 aliphatic rings. The molecule has 0 aliphatic carbocycles. The van der Waals surface area contributed by atoms with Crippen LogP contribution < -0.4 is 0 Å². The maximum Gasteiger partial charge on any atom is 0.322 e. The van der Waals surface area contributed by atoms with Gasteiger partial charge >= 0.3 is 5.97 Å². The highest BCUT2D eigenvalue weighted by atomic mass is 32.2. The summed E-state index contributed by atoms with van der Waals surface area (Å²) in [6, 6.07) is 1.91. The summed E-state index contributed by atoms with van der Waals surface area (Å²) >= 11 is 1.06. The van der Waals surface area contributed by atoms with Crippen LogP contribution in [0.2, 0.25) is 0 Å². The molecule has 110 valence electrons. The van der Waals surface area contributed by atoms with Crippen LogP contribution in [0.25, 0.3) is 0 Å². The van der Waals surface area contributed by atoms with Gasteiger partial charge in [0.2, 0.25) is 0 Å². The molecular weight excluding hydrogens is 314 g/mol. The van der Waals surface area contributed by atoms with Crippen molar-refractivity contribution in [2.75, 3.05) is 0 Å². The fourth-order valence-electron chi connectivity index (χ4n) is 2.23. The molecule has 0 bridgehead atoms. The Bertz CT molecular complexity index is 774. The molecular formula is C12H11N3O4S2. The van der Waals surface area contributed by atoms with E-state index in [-0.39, 0.29) is 17.2 Å². The SMILES string of the molecule is O=C(O)[C@H]1Cc2nccnc2CN1S(=O)(=O)c1cccs1. The van der Waals surface area contributed by atoms with Crippen molar-refractivity contribution in [2.45, 2.75) is 23.2 Å². The van der Waals surface area contributed by atoms with Gasteiger partial charge in [0.15, 0.2) is 0 Å². The third kappa shape index (κ3) is 2.43. The first-order valence-electron chi connectivity index (χ1n) is 6.07. The van der Waals surface area contributed by atoms with Gasteiger partial charge in [-0.3, -0.25) is 14.8 Å². The number of aliphatic carboxylic acids is 1. The van der Waals surface area contributed by atoms with Crippen molar-refractivity contribution in [3.05, 3.63) is 41.3 Å². The van der Waals surface area contributed by atoms with Gasteiger partial charge in [-0.05, 0) is 11.4 Å². The number of carboxylic acid groups (broad SMARTS) is 1. The first kappa shape index (κ1) is 14.1. The van der Waals surface area contributed by atoms with E-state index in [4.69, 9.17) is 0 Å². The molecule has 0 fully saturated rings. The van der Waals surface area contributed by atoms with E-state index in [0.717, 1.165) is 15.6 Å². The van der Waals surface area contributed by atoms with E-state index in [1.54, 1.807) is 11.4 Å². The quantitative estimate of drug-likeness (QED) is 0.893. The minimum Gasteiger partial charge on any atom is -0.480 e. The molecule has 9 heteroatoms. The van der Waals surface area contributed by atoms with Gasteiger partial charge in [0, 0.05) is 18.8 Å². The molecule has 0 amide bonds. The molecule has 2 aromatic heterocycles. The highest BCUT2D eigenvalue weighted by Crippen LogP contribution is 2.29. The van der Waals surface area contributed by atoms with Gasteiger partial charge in [0.05, 0.1) is 17.9 Å². The van der Waals surface area contributed by atoms with Crippen LogP contribution in [0.1, 0.15) is 11.4 Å². The summed E-state index contributed by atoms with van der Waals surface area (Å²) in [4.78, 5) is 19.6. The Morgan fingerprint density at radius 3 is 2.67 bits per heavy atom. The molecule has 0 saturated heterocycles. The van der Waals surface area contributed by atoms with Crippen molar-refractivity contribution in [1.29, 1.82) is 0 Å². The molecule has 0 unspecified atom stereocenters. The van der Waals surface area contributed by atoms with E-state index in [1.807, 2.05) is 0 Å². The molecule has 3 rings (SSSR count). The maximum absolute atomic E-state index is 12.6. The number of fused-ring (bicyclic) bond motifs is 1. The molecule has 0 radical (unpaired) electrons. The second-order valence-electron chi connectivity index (χ2n) is 4.49. The average molecular weight is 325 g/mol. The Hall–Kier alpha value is -1.84. The average Bonchev–Trinajstić information content (AvgIpc) is 3.00. The predicted molar refractivity (Wildman–Crippen MR) is 74.2 cm³/mol. The van der Waals surface area contributed by atoms with Crippen LogP contribution >= 0.6 is 11.3 Å². The second kappa shape index (κ2) is 5.17. The second-order valence-corrected chi connectivity index (χ2v) is 7.56. The number of nitrogens with zero attached hydrogens (tertiary/aromatic N) is 3. The monoisotopic (exact) mass is 325 g/mol. The van der Waals surface area contributed by atoms with Crippen LogP contribution in [0.3, 0.4) is 0 Å². The maximum atomic E-state index is 12.6. The summed E-state index contributed by atoms with van der Waals surface area (Å²) < 4.78 is 26.3. The zero-order chi connectivity index (χ0) is 15.0. The van der Waals surface area contributed by atoms with E-state index < -0.39 is 22.0 Å². The van der Waals surface area contributed by atoms with E-state index in [0.29, 0.717) is 11.4 Å². The topological polar surface area (TPSA) is 100 Å². The molecule has 21 heavy (non-hydrogen) atoms. The molecule has 1 N–H and O–H groups in total. The summed E-state index contributed by atoms with van der Waals surface area (Å²) in [6.45, 7) is -0.0830. The van der Waals surface area contributed by atoms with Crippen molar-refractivity contribution in [2.24, 2.45) is 0 Å². The zero-order valence-electron chi connectivity index (χ0n) is 10.7. The lowest BCUT2D eigenvalue weighted by Crippen LogP contribution is -2.48. The fourth-order valence-corrected chi connectivity index (χ4v) is 4.89. The first-order valence-corrected chi connectivity index (χ1v) is 8.39. The molecule has 0 aromatic carbocycles. The van der Waals surface area contributed by atoms with Crippen LogP contribution in [-0.4, -0.2) is 39.8 Å². The highest BCUT2D eigenvalue weighted by Gasteiger charge is 2.41. The van der Waals surface area contributed by atoms with Gasteiger partial charge in [-0.25, -0.2) is 8.42 Å². The summed E-state index contributed by atoms with van der Waals surface area (Å²) in [5.41, 5.74) is 1.03. The van der Waals surface area contributed by atoms with Crippen molar-refractivity contribution in [3.8, 4) is 0 Å². The number of aromatic nitrogens is 2. The van der Waals surface area contributed by atoms with E-state index >= 15 is 0 Å². The lowest BCUT2D eigenvalue weighted by Gasteiger charge is -2.31. The normalized spacial score (nSPS) is 19.1. The van der Waals surface area contributed by atoms with Gasteiger partial charge in [0.25, 0.3) is 10.0 Å². The molecule has 0 spiro atoms. The first-order chi connectivity index (χ1) is 10.00. The number of thiophene rings is 1. The van der Waals surface area contributed by atoms with Crippen molar-refractivity contribution >= 4 is 27.3 Å². The fraction of sp³-hybridized carbons (Fsp3) is 0.250. The van der Waals surface area contributed by atoms with Crippen LogP contribution in [0, 0.1) is 0 Å². The Balaban J connectivity index is 2.06. The third-order valence-electron chi connectivity index (χ3n) is 3.24. The lowest BCUT2D eigenvalue weighted by atomic mass is 10.1. The van der Waals surface area contributed by atoms with Crippen molar-refractivity contribution in [3.63, 3.8) is 0 Å². The largest absolute Gasteiger partial charge is 0.480 e. The van der Waals surface area contributed by atoms with E-state index in [9.17, 15) is 18.3 Å². The van der Waals surface area contributed by atoms with Crippen LogP contribution in [0.15, 0.2) is 34.1 Å². The van der Waals surface area contributed by atoms with Crippen molar-refractivity contribution in [1.82, 2.24) is 14.3 Å². The molecule has 3 heterocycles. The van der Waals surface area contributed by atoms with Crippen LogP contribution in [0.5, 0.6) is 0 Å². The van der Waals surface area contributed by atoms with Gasteiger partial charge in [0.1, 0.15) is 10.3 Å². The Morgan fingerprint density at radius 2 is 2.05 bits per heavy atom. The van der Waals surface area contributed by atoms with E-state index in [1.165, 1.54) is 18.5 Å². The molecule has 0 saturated carbocycles. The number of carbonyl (C=O) groups is 1. The zero-order valence-corrected chi connectivity index (χ0v) is 12.3. The minimum absolute atomic E-state index is 0.0170. The summed E-state index contributed by atoms with van der Waals surface area (Å²) in [7, 11) is -3.85. The molecule has 1 atom stereocenters. The van der Waals surface area contributed by atoms with Gasteiger partial charge in [-0.15, -0.1) is 11.3 Å². The lowest BCUT2D eigenvalue weighted by molar-refractivity contribution is -0.141. The Morgan fingerprint density at radius 1 is 1.33 bits per heavy atom.